The van der Waals surface area contributed by atoms with E-state index in [4.69, 9.17) is 0 Å². The molecule has 1 aromatic carbocycles. The van der Waals surface area contributed by atoms with Gasteiger partial charge in [-0.25, -0.2) is 0 Å². The molecule has 2 heterocycles. The predicted molar refractivity (Wildman–Crippen MR) is 108 cm³/mol. The van der Waals surface area contributed by atoms with Crippen LogP contribution in [0.2, 0.25) is 0 Å². The normalized spacial score (nSPS) is 11.9. The molecule has 0 fully saturated rings. The van der Waals surface area contributed by atoms with Crippen LogP contribution < -0.4 is 0 Å². The van der Waals surface area contributed by atoms with E-state index in [0.29, 0.717) is 6.54 Å². The van der Waals surface area contributed by atoms with Gasteiger partial charge >= 0.3 is 0 Å². The molecule has 0 aliphatic rings. The van der Waals surface area contributed by atoms with E-state index in [1.807, 2.05) is 30.1 Å². The van der Waals surface area contributed by atoms with Crippen molar-refractivity contribution in [1.29, 1.82) is 0 Å². The molecular weight excluding hydrogens is 340 g/mol. The summed E-state index contributed by atoms with van der Waals surface area (Å²) in [6.07, 6.45) is 5.18. The molecule has 0 bridgehead atoms. The van der Waals surface area contributed by atoms with Gasteiger partial charge in [-0.2, -0.15) is 0 Å². The van der Waals surface area contributed by atoms with E-state index in [1.54, 1.807) is 23.7 Å². The van der Waals surface area contributed by atoms with Gasteiger partial charge in [-0.3, -0.25) is 9.78 Å². The molecule has 134 valence electrons. The summed E-state index contributed by atoms with van der Waals surface area (Å²) in [6, 6.07) is 16.5. The fourth-order valence-electron chi connectivity index (χ4n) is 3.00. The van der Waals surface area contributed by atoms with Gasteiger partial charge in [-0.05, 0) is 54.5 Å². The Morgan fingerprint density at radius 2 is 1.85 bits per heavy atom. The number of nitrogens with zero attached hydrogens (tertiary/aromatic N) is 2. The second-order valence-corrected chi connectivity index (χ2v) is 7.64. The first-order chi connectivity index (χ1) is 12.6. The quantitative estimate of drug-likeness (QED) is 0.619. The third-order valence-electron chi connectivity index (χ3n) is 4.62. The number of likely N-dealkylation sites (N-methyl/N-ethyl adjacent to an activating group) is 1. The van der Waals surface area contributed by atoms with E-state index in [1.165, 1.54) is 16.0 Å². The Balaban J connectivity index is 1.74. The number of aryl methyl sites for hydroxylation is 1. The van der Waals surface area contributed by atoms with Crippen molar-refractivity contribution in [2.45, 2.75) is 25.7 Å². The van der Waals surface area contributed by atoms with Crippen molar-refractivity contribution in [3.63, 3.8) is 0 Å². The minimum Gasteiger partial charge on any atom is -0.345 e. The fourth-order valence-corrected chi connectivity index (χ4v) is 3.75. The van der Waals surface area contributed by atoms with Crippen molar-refractivity contribution < 1.29 is 4.79 Å². The number of hydrogen-bond acceptors (Lipinski definition) is 3. The van der Waals surface area contributed by atoms with Crippen molar-refractivity contribution >= 4 is 17.2 Å². The van der Waals surface area contributed by atoms with Crippen LogP contribution in [-0.4, -0.2) is 29.4 Å². The Morgan fingerprint density at radius 3 is 2.50 bits per heavy atom. The van der Waals surface area contributed by atoms with Gasteiger partial charge in [0.05, 0.1) is 5.92 Å². The summed E-state index contributed by atoms with van der Waals surface area (Å²) < 4.78 is 0. The van der Waals surface area contributed by atoms with Crippen molar-refractivity contribution in [1.82, 2.24) is 9.88 Å². The average molecular weight is 365 g/mol. The lowest BCUT2D eigenvalue weighted by Gasteiger charge is -2.24. The zero-order valence-corrected chi connectivity index (χ0v) is 16.1. The Labute approximate surface area is 159 Å². The monoisotopic (exact) mass is 364 g/mol. The van der Waals surface area contributed by atoms with E-state index in [9.17, 15) is 4.79 Å². The number of aromatic nitrogens is 1. The molecule has 2 aromatic heterocycles. The highest BCUT2D eigenvalue weighted by Gasteiger charge is 2.24. The third kappa shape index (κ3) is 4.79. The molecule has 0 saturated carbocycles. The van der Waals surface area contributed by atoms with Gasteiger partial charge in [-0.1, -0.05) is 35.9 Å². The molecule has 0 spiro atoms. The van der Waals surface area contributed by atoms with Crippen LogP contribution in [0.1, 0.15) is 27.5 Å². The van der Waals surface area contributed by atoms with Gasteiger partial charge in [-0.15, -0.1) is 11.3 Å². The number of benzene rings is 1. The standard InChI is InChI=1S/C22H24N2OS/c1-17-5-7-19(8-6-17)21(16-20-4-3-15-26-20)22(25)24(2)14-11-18-9-12-23-13-10-18/h3-10,12-13,15,21H,11,14,16H2,1-2H3. The maximum atomic E-state index is 13.2. The van der Waals surface area contributed by atoms with Gasteiger partial charge in [0, 0.05) is 30.9 Å². The maximum absolute atomic E-state index is 13.2. The first-order valence-electron chi connectivity index (χ1n) is 8.86. The van der Waals surface area contributed by atoms with Crippen LogP contribution in [0.4, 0.5) is 0 Å². The van der Waals surface area contributed by atoms with E-state index in [2.05, 4.69) is 47.6 Å². The van der Waals surface area contributed by atoms with Gasteiger partial charge in [0.2, 0.25) is 5.91 Å². The molecule has 1 amide bonds. The zero-order chi connectivity index (χ0) is 18.4. The van der Waals surface area contributed by atoms with Gasteiger partial charge in [0.15, 0.2) is 0 Å². The molecule has 0 N–H and O–H groups in total. The van der Waals surface area contributed by atoms with Crippen LogP contribution in [0.25, 0.3) is 0 Å². The molecule has 1 unspecified atom stereocenters. The highest BCUT2D eigenvalue weighted by atomic mass is 32.1. The third-order valence-corrected chi connectivity index (χ3v) is 5.52. The van der Waals surface area contributed by atoms with Gasteiger partial charge < -0.3 is 4.90 Å². The summed E-state index contributed by atoms with van der Waals surface area (Å²) in [4.78, 5) is 20.3. The summed E-state index contributed by atoms with van der Waals surface area (Å²) in [5, 5.41) is 2.07. The Morgan fingerprint density at radius 1 is 1.12 bits per heavy atom. The molecule has 3 rings (SSSR count). The highest BCUT2D eigenvalue weighted by Crippen LogP contribution is 2.26. The number of thiophene rings is 1. The smallest absolute Gasteiger partial charge is 0.230 e. The molecule has 3 nitrogen and oxygen atoms in total. The lowest BCUT2D eigenvalue weighted by Crippen LogP contribution is -2.34. The number of amides is 1. The van der Waals surface area contributed by atoms with Gasteiger partial charge in [0.1, 0.15) is 0 Å². The van der Waals surface area contributed by atoms with Crippen LogP contribution in [-0.2, 0) is 17.6 Å². The van der Waals surface area contributed by atoms with Crippen molar-refractivity contribution in [2.75, 3.05) is 13.6 Å². The highest BCUT2D eigenvalue weighted by molar-refractivity contribution is 7.09. The van der Waals surface area contributed by atoms with Crippen LogP contribution >= 0.6 is 11.3 Å². The topological polar surface area (TPSA) is 33.2 Å². The fraction of sp³-hybridized carbons (Fsp3) is 0.273. The Kier molecular flexibility index (Phi) is 6.18. The number of hydrogen-bond donors (Lipinski definition) is 0. The Hall–Kier alpha value is -2.46. The number of carbonyl (C=O) groups is 1. The molecule has 1 atom stereocenters. The van der Waals surface area contributed by atoms with E-state index >= 15 is 0 Å². The summed E-state index contributed by atoms with van der Waals surface area (Å²) in [5.41, 5.74) is 3.50. The zero-order valence-electron chi connectivity index (χ0n) is 15.3. The van der Waals surface area contributed by atoms with Crippen LogP contribution in [0, 0.1) is 6.92 Å². The van der Waals surface area contributed by atoms with Gasteiger partial charge in [0.25, 0.3) is 0 Å². The summed E-state index contributed by atoms with van der Waals surface area (Å²) in [7, 11) is 1.90. The first-order valence-corrected chi connectivity index (χ1v) is 9.74. The Bertz CT molecular complexity index is 813. The molecule has 26 heavy (non-hydrogen) atoms. The summed E-state index contributed by atoms with van der Waals surface area (Å²) >= 11 is 1.71. The largest absolute Gasteiger partial charge is 0.345 e. The molecule has 0 radical (unpaired) electrons. The molecule has 0 aliphatic heterocycles. The number of rotatable bonds is 7. The minimum absolute atomic E-state index is 0.142. The minimum atomic E-state index is -0.142. The SMILES string of the molecule is Cc1ccc(C(Cc2cccs2)C(=O)N(C)CCc2ccncc2)cc1. The maximum Gasteiger partial charge on any atom is 0.230 e. The summed E-state index contributed by atoms with van der Waals surface area (Å²) in [6.45, 7) is 2.77. The van der Waals surface area contributed by atoms with Crippen LogP contribution in [0.5, 0.6) is 0 Å². The van der Waals surface area contributed by atoms with Crippen molar-refractivity contribution in [2.24, 2.45) is 0 Å². The molecule has 4 heteroatoms. The molecular formula is C22H24N2OS. The lowest BCUT2D eigenvalue weighted by molar-refractivity contribution is -0.131. The summed E-state index contributed by atoms with van der Waals surface area (Å²) in [5.74, 6) is 0.0352. The van der Waals surface area contributed by atoms with E-state index in [0.717, 1.165) is 18.4 Å². The second-order valence-electron chi connectivity index (χ2n) is 6.61. The van der Waals surface area contributed by atoms with E-state index < -0.39 is 0 Å². The van der Waals surface area contributed by atoms with Crippen LogP contribution in [0.3, 0.4) is 0 Å². The van der Waals surface area contributed by atoms with Crippen molar-refractivity contribution in [3.8, 4) is 0 Å². The average Bonchev–Trinajstić information content (AvgIpc) is 3.18. The van der Waals surface area contributed by atoms with E-state index in [-0.39, 0.29) is 11.8 Å². The number of carbonyl (C=O) groups excluding carboxylic acids is 1. The predicted octanol–water partition coefficient (Wildman–Crippen LogP) is 4.48. The lowest BCUT2D eigenvalue weighted by atomic mass is 9.92. The number of pyridine rings is 1. The second kappa shape index (κ2) is 8.77. The first kappa shape index (κ1) is 18.3. The molecule has 3 aromatic rings. The van der Waals surface area contributed by atoms with Crippen LogP contribution in [0.15, 0.2) is 66.3 Å². The molecule has 0 aliphatic carbocycles. The van der Waals surface area contributed by atoms with Crippen molar-refractivity contribution in [3.05, 3.63) is 87.9 Å². The molecule has 0 saturated heterocycles.